The minimum atomic E-state index is -0.355. The van der Waals surface area contributed by atoms with Crippen LogP contribution in [-0.4, -0.2) is 12.1 Å². The third kappa shape index (κ3) is 3.02. The van der Waals surface area contributed by atoms with Crippen LogP contribution in [0.1, 0.15) is 18.4 Å². The molecule has 4 heteroatoms. The molecule has 1 fully saturated rings. The van der Waals surface area contributed by atoms with Gasteiger partial charge in [0.15, 0.2) is 0 Å². The highest BCUT2D eigenvalue weighted by molar-refractivity contribution is 9.10. The van der Waals surface area contributed by atoms with E-state index in [-0.39, 0.29) is 24.3 Å². The molecule has 0 unspecified atom stereocenters. The van der Waals surface area contributed by atoms with E-state index in [1.807, 2.05) is 0 Å². The lowest BCUT2D eigenvalue weighted by Crippen LogP contribution is -2.09. The van der Waals surface area contributed by atoms with E-state index in [1.165, 1.54) is 6.07 Å². The molecule has 0 bridgehead atoms. The Hall–Kier alpha value is -0.900. The van der Waals surface area contributed by atoms with Gasteiger partial charge in [0.2, 0.25) is 0 Å². The van der Waals surface area contributed by atoms with Gasteiger partial charge < -0.3 is 4.74 Å². The third-order valence-corrected chi connectivity index (χ3v) is 2.80. The fourth-order valence-electron chi connectivity index (χ4n) is 1.23. The molecule has 0 N–H and O–H groups in total. The Labute approximate surface area is 95.6 Å². The van der Waals surface area contributed by atoms with Crippen LogP contribution in [0.5, 0.6) is 0 Å². The predicted molar refractivity (Wildman–Crippen MR) is 56.9 cm³/mol. The fraction of sp³-hybridized carbons (Fsp3) is 0.364. The normalized spacial score (nSPS) is 15.1. The van der Waals surface area contributed by atoms with Gasteiger partial charge in [0.1, 0.15) is 11.9 Å². The van der Waals surface area contributed by atoms with E-state index in [9.17, 15) is 9.18 Å². The number of esters is 1. The van der Waals surface area contributed by atoms with E-state index in [2.05, 4.69) is 15.9 Å². The minimum absolute atomic E-state index is 0.109. The predicted octanol–water partition coefficient (Wildman–Crippen LogP) is 2.84. The molecule has 15 heavy (non-hydrogen) atoms. The van der Waals surface area contributed by atoms with Crippen LogP contribution in [0.3, 0.4) is 0 Å². The van der Waals surface area contributed by atoms with E-state index in [0.29, 0.717) is 10.0 Å². The Morgan fingerprint density at radius 2 is 2.27 bits per heavy atom. The van der Waals surface area contributed by atoms with Crippen molar-refractivity contribution in [2.24, 2.45) is 0 Å². The smallest absolute Gasteiger partial charge is 0.310 e. The molecule has 1 aliphatic carbocycles. The molecule has 0 atom stereocenters. The van der Waals surface area contributed by atoms with Crippen LogP contribution in [0.2, 0.25) is 0 Å². The first-order chi connectivity index (χ1) is 7.15. The maximum Gasteiger partial charge on any atom is 0.310 e. The van der Waals surface area contributed by atoms with Crippen molar-refractivity contribution in [3.63, 3.8) is 0 Å². The third-order valence-electron chi connectivity index (χ3n) is 2.15. The van der Waals surface area contributed by atoms with Crippen LogP contribution in [0.4, 0.5) is 4.39 Å². The zero-order chi connectivity index (χ0) is 10.8. The topological polar surface area (TPSA) is 26.3 Å². The highest BCUT2D eigenvalue weighted by atomic mass is 79.9. The summed E-state index contributed by atoms with van der Waals surface area (Å²) in [5.74, 6) is -0.633. The van der Waals surface area contributed by atoms with Crippen molar-refractivity contribution in [1.29, 1.82) is 0 Å². The number of ether oxygens (including phenoxy) is 1. The van der Waals surface area contributed by atoms with Crippen LogP contribution >= 0.6 is 15.9 Å². The van der Waals surface area contributed by atoms with E-state index in [0.717, 1.165) is 12.8 Å². The van der Waals surface area contributed by atoms with Gasteiger partial charge in [-0.15, -0.1) is 0 Å². The summed E-state index contributed by atoms with van der Waals surface area (Å²) in [6.07, 6.45) is 2.17. The Morgan fingerprint density at radius 1 is 1.53 bits per heavy atom. The second kappa shape index (κ2) is 4.31. The molecule has 0 spiro atoms. The molecule has 0 heterocycles. The van der Waals surface area contributed by atoms with Crippen LogP contribution < -0.4 is 0 Å². The van der Waals surface area contributed by atoms with Crippen LogP contribution in [0.15, 0.2) is 22.7 Å². The number of benzene rings is 1. The van der Waals surface area contributed by atoms with Gasteiger partial charge >= 0.3 is 5.97 Å². The van der Waals surface area contributed by atoms with Gasteiger partial charge in [-0.05, 0) is 46.5 Å². The van der Waals surface area contributed by atoms with Crippen LogP contribution in [0.25, 0.3) is 0 Å². The number of halogens is 2. The number of hydrogen-bond acceptors (Lipinski definition) is 2. The van der Waals surface area contributed by atoms with Crippen molar-refractivity contribution in [2.75, 3.05) is 0 Å². The number of hydrogen-bond donors (Lipinski definition) is 0. The Morgan fingerprint density at radius 3 is 2.87 bits per heavy atom. The summed E-state index contributed by atoms with van der Waals surface area (Å²) in [7, 11) is 0. The summed E-state index contributed by atoms with van der Waals surface area (Å²) in [5, 5.41) is 0. The first-order valence-electron chi connectivity index (χ1n) is 4.78. The molecule has 0 radical (unpaired) electrons. The average Bonchev–Trinajstić information content (AvgIpc) is 2.95. The lowest BCUT2D eigenvalue weighted by molar-refractivity contribution is -0.144. The molecule has 0 saturated heterocycles. The van der Waals surface area contributed by atoms with Crippen LogP contribution in [-0.2, 0) is 16.0 Å². The summed E-state index contributed by atoms with van der Waals surface area (Å²) in [4.78, 5) is 11.3. The maximum absolute atomic E-state index is 13.1. The van der Waals surface area contributed by atoms with Gasteiger partial charge in [-0.3, -0.25) is 4.79 Å². The number of rotatable bonds is 3. The zero-order valence-corrected chi connectivity index (χ0v) is 9.59. The molecule has 0 aliphatic heterocycles. The fourth-order valence-corrected chi connectivity index (χ4v) is 1.48. The van der Waals surface area contributed by atoms with Gasteiger partial charge in [-0.2, -0.15) is 0 Å². The van der Waals surface area contributed by atoms with Gasteiger partial charge in [0.05, 0.1) is 10.9 Å². The molecule has 0 aromatic heterocycles. The Balaban J connectivity index is 1.97. The SMILES string of the molecule is O=C(Cc1ccc(Br)c(F)c1)OC1CC1. The van der Waals surface area contributed by atoms with E-state index < -0.39 is 0 Å². The van der Waals surface area contributed by atoms with Crippen molar-refractivity contribution in [3.05, 3.63) is 34.1 Å². The molecule has 1 aromatic carbocycles. The summed E-state index contributed by atoms with van der Waals surface area (Å²) in [5.41, 5.74) is 0.640. The second-order valence-electron chi connectivity index (χ2n) is 3.61. The molecule has 2 rings (SSSR count). The van der Waals surface area contributed by atoms with Gasteiger partial charge in [0, 0.05) is 0 Å². The quantitative estimate of drug-likeness (QED) is 0.791. The molecular formula is C11H10BrFO2. The van der Waals surface area contributed by atoms with Gasteiger partial charge in [0.25, 0.3) is 0 Å². The lowest BCUT2D eigenvalue weighted by atomic mass is 10.1. The molecule has 80 valence electrons. The minimum Gasteiger partial charge on any atom is -0.462 e. The standard InChI is InChI=1S/C11H10BrFO2/c12-9-4-1-7(5-10(9)13)6-11(14)15-8-2-3-8/h1,4-5,8H,2-3,6H2. The van der Waals surface area contributed by atoms with E-state index in [4.69, 9.17) is 4.74 Å². The van der Waals surface area contributed by atoms with Gasteiger partial charge in [-0.25, -0.2) is 4.39 Å². The van der Waals surface area contributed by atoms with Crippen LogP contribution in [0, 0.1) is 5.82 Å². The first kappa shape index (κ1) is 10.6. The second-order valence-corrected chi connectivity index (χ2v) is 4.47. The van der Waals surface area contributed by atoms with Gasteiger partial charge in [-0.1, -0.05) is 6.07 Å². The summed E-state index contributed by atoms with van der Waals surface area (Å²) < 4.78 is 18.6. The van der Waals surface area contributed by atoms with E-state index >= 15 is 0 Å². The first-order valence-corrected chi connectivity index (χ1v) is 5.58. The summed E-state index contributed by atoms with van der Waals surface area (Å²) in [6, 6.07) is 4.65. The Bertz CT molecular complexity index is 388. The lowest BCUT2D eigenvalue weighted by Gasteiger charge is -2.03. The molecular weight excluding hydrogens is 263 g/mol. The zero-order valence-electron chi connectivity index (χ0n) is 8.00. The van der Waals surface area contributed by atoms with E-state index in [1.54, 1.807) is 12.1 Å². The molecule has 2 nitrogen and oxygen atoms in total. The number of carbonyl (C=O) groups excluding carboxylic acids is 1. The summed E-state index contributed by atoms with van der Waals surface area (Å²) >= 11 is 3.05. The molecule has 1 aliphatic rings. The number of carbonyl (C=O) groups is 1. The molecule has 0 amide bonds. The maximum atomic E-state index is 13.1. The molecule has 1 aromatic rings. The summed E-state index contributed by atoms with van der Waals surface area (Å²) in [6.45, 7) is 0. The highest BCUT2D eigenvalue weighted by Gasteiger charge is 2.25. The van der Waals surface area contributed by atoms with Crippen molar-refractivity contribution in [1.82, 2.24) is 0 Å². The van der Waals surface area contributed by atoms with Crippen molar-refractivity contribution in [2.45, 2.75) is 25.4 Å². The molecule has 1 saturated carbocycles. The Kier molecular flexibility index (Phi) is 3.05. The average molecular weight is 273 g/mol. The van der Waals surface area contributed by atoms with Crippen molar-refractivity contribution in [3.8, 4) is 0 Å². The monoisotopic (exact) mass is 272 g/mol. The highest BCUT2D eigenvalue weighted by Crippen LogP contribution is 2.24. The van der Waals surface area contributed by atoms with Crippen molar-refractivity contribution >= 4 is 21.9 Å². The van der Waals surface area contributed by atoms with Crippen molar-refractivity contribution < 1.29 is 13.9 Å². The largest absolute Gasteiger partial charge is 0.462 e.